The van der Waals surface area contributed by atoms with E-state index >= 15 is 0 Å². The van der Waals surface area contributed by atoms with Crippen LogP contribution in [0.25, 0.3) is 11.0 Å². The molecule has 0 radical (unpaired) electrons. The van der Waals surface area contributed by atoms with Crippen molar-refractivity contribution in [2.45, 2.75) is 38.5 Å². The number of fused-ring (bicyclic) bond motifs is 1. The van der Waals surface area contributed by atoms with Crippen molar-refractivity contribution in [3.8, 4) is 0 Å². The molecule has 2 fully saturated rings. The number of carbonyl (C=O) groups is 4. The normalized spacial score (nSPS) is 18.9. The van der Waals surface area contributed by atoms with Gasteiger partial charge in [0.05, 0.1) is 5.02 Å². The predicted molar refractivity (Wildman–Crippen MR) is 151 cm³/mol. The lowest BCUT2D eigenvalue weighted by atomic mass is 9.81. The lowest BCUT2D eigenvalue weighted by Gasteiger charge is -2.29. The summed E-state index contributed by atoms with van der Waals surface area (Å²) < 4.78 is 5.89. The zero-order chi connectivity index (χ0) is 28.4. The van der Waals surface area contributed by atoms with E-state index in [1.54, 1.807) is 44.4 Å². The van der Waals surface area contributed by atoms with E-state index in [1.165, 1.54) is 11.1 Å². The lowest BCUT2D eigenvalue weighted by molar-refractivity contribution is -0.136. The molecule has 0 bridgehead atoms. The average Bonchev–Trinajstić information content (AvgIpc) is 3.62. The number of halogens is 1. The van der Waals surface area contributed by atoms with Crippen molar-refractivity contribution >= 4 is 57.7 Å². The number of anilines is 2. The molecule has 0 unspecified atom stereocenters. The first-order valence-corrected chi connectivity index (χ1v) is 13.9. The minimum absolute atomic E-state index is 0.0512. The third-order valence-electron chi connectivity index (χ3n) is 7.63. The molecule has 2 aromatic heterocycles. The van der Waals surface area contributed by atoms with Crippen LogP contribution in [0.3, 0.4) is 0 Å². The van der Waals surface area contributed by atoms with Crippen molar-refractivity contribution < 1.29 is 23.6 Å². The molecule has 1 saturated carbocycles. The summed E-state index contributed by atoms with van der Waals surface area (Å²) in [6.45, 7) is 1.64. The number of amides is 4. The second-order valence-electron chi connectivity index (χ2n) is 10.6. The van der Waals surface area contributed by atoms with E-state index in [1.807, 2.05) is 4.90 Å². The van der Waals surface area contributed by atoms with Crippen molar-refractivity contribution in [3.63, 3.8) is 0 Å². The number of carbonyl (C=O) groups excluding carboxylic acids is 4. The molecule has 210 valence electrons. The third-order valence-corrected chi connectivity index (χ3v) is 7.85. The SMILES string of the molecule is CN(C)C(=O)c1ccc2oc(C(=O)Nc3ccc(Cl)cn3)c(NC(=O)[C@H]3CC[C@H](C(=O)N4CCCC4)CC3)c2c1. The maximum Gasteiger partial charge on any atom is 0.294 e. The van der Waals surface area contributed by atoms with Crippen LogP contribution in [-0.4, -0.2) is 65.6 Å². The Morgan fingerprint density at radius 3 is 2.33 bits per heavy atom. The standard InChI is InChI=1S/C29H32ClN5O5/c1-34(2)28(38)19-9-11-22-21(15-19)24(25(40-22)27(37)32-23-12-10-20(30)16-31-23)33-26(36)17-5-7-18(8-6-17)29(39)35-13-3-4-14-35/h9-12,15-18H,3-8,13-14H2,1-2H3,(H,33,36)(H,31,32,37)/t17-,18-. The molecule has 1 aliphatic heterocycles. The summed E-state index contributed by atoms with van der Waals surface area (Å²) in [5.74, 6) is -1.09. The Labute approximate surface area is 237 Å². The molecule has 4 amide bonds. The Hall–Kier alpha value is -3.92. The van der Waals surface area contributed by atoms with Crippen LogP contribution < -0.4 is 10.6 Å². The Balaban J connectivity index is 1.38. The number of pyridine rings is 1. The topological polar surface area (TPSA) is 125 Å². The molecule has 3 aromatic rings. The van der Waals surface area contributed by atoms with Crippen molar-refractivity contribution in [2.75, 3.05) is 37.8 Å². The number of furan rings is 1. The van der Waals surface area contributed by atoms with Crippen LogP contribution in [0.4, 0.5) is 11.5 Å². The molecule has 0 atom stereocenters. The van der Waals surface area contributed by atoms with Crippen molar-refractivity contribution in [1.29, 1.82) is 0 Å². The number of hydrogen-bond acceptors (Lipinski definition) is 6. The highest BCUT2D eigenvalue weighted by atomic mass is 35.5. The molecule has 3 heterocycles. The first-order chi connectivity index (χ1) is 19.2. The highest BCUT2D eigenvalue weighted by Gasteiger charge is 2.34. The maximum absolute atomic E-state index is 13.5. The average molecular weight is 566 g/mol. The van der Waals surface area contributed by atoms with Crippen LogP contribution in [0.1, 0.15) is 59.4 Å². The van der Waals surface area contributed by atoms with Gasteiger partial charge in [0.15, 0.2) is 0 Å². The molecule has 40 heavy (non-hydrogen) atoms. The summed E-state index contributed by atoms with van der Waals surface area (Å²) >= 11 is 5.90. The first kappa shape index (κ1) is 27.6. The summed E-state index contributed by atoms with van der Waals surface area (Å²) in [5, 5.41) is 6.45. The van der Waals surface area contributed by atoms with E-state index < -0.39 is 5.91 Å². The second-order valence-corrected chi connectivity index (χ2v) is 11.0. The number of hydrogen-bond donors (Lipinski definition) is 2. The number of likely N-dealkylation sites (tertiary alicyclic amines) is 1. The Bertz CT molecular complexity index is 1440. The minimum Gasteiger partial charge on any atom is -0.449 e. The van der Waals surface area contributed by atoms with Crippen molar-refractivity contribution in [2.24, 2.45) is 11.8 Å². The second kappa shape index (κ2) is 11.7. The molecule has 2 aliphatic rings. The van der Waals surface area contributed by atoms with Crippen molar-refractivity contribution in [3.05, 3.63) is 52.9 Å². The van der Waals surface area contributed by atoms with E-state index in [4.69, 9.17) is 16.0 Å². The van der Waals surface area contributed by atoms with Gasteiger partial charge in [0.2, 0.25) is 17.6 Å². The van der Waals surface area contributed by atoms with E-state index in [9.17, 15) is 19.2 Å². The summed E-state index contributed by atoms with van der Waals surface area (Å²) in [4.78, 5) is 59.7. The molecule has 2 N–H and O–H groups in total. The molecule has 5 rings (SSSR count). The molecular formula is C29H32ClN5O5. The zero-order valence-corrected chi connectivity index (χ0v) is 23.3. The summed E-state index contributed by atoms with van der Waals surface area (Å²) in [6.07, 6.45) is 5.95. The van der Waals surface area contributed by atoms with Gasteiger partial charge in [-0.1, -0.05) is 11.6 Å². The smallest absolute Gasteiger partial charge is 0.294 e. The van der Waals surface area contributed by atoms with Gasteiger partial charge in [-0.25, -0.2) is 4.98 Å². The summed E-state index contributed by atoms with van der Waals surface area (Å²) in [5.41, 5.74) is 0.927. The van der Waals surface area contributed by atoms with Gasteiger partial charge in [-0.2, -0.15) is 0 Å². The highest BCUT2D eigenvalue weighted by Crippen LogP contribution is 2.36. The first-order valence-electron chi connectivity index (χ1n) is 13.5. The Morgan fingerprint density at radius 2 is 1.68 bits per heavy atom. The molecule has 11 heteroatoms. The van der Waals surface area contributed by atoms with Gasteiger partial charge in [-0.15, -0.1) is 0 Å². The number of aromatic nitrogens is 1. The van der Waals surface area contributed by atoms with Crippen LogP contribution in [0.5, 0.6) is 0 Å². The fourth-order valence-electron chi connectivity index (χ4n) is 5.42. The van der Waals surface area contributed by atoms with E-state index in [-0.39, 0.29) is 46.8 Å². The zero-order valence-electron chi connectivity index (χ0n) is 22.5. The fourth-order valence-corrected chi connectivity index (χ4v) is 5.53. The molecular weight excluding hydrogens is 534 g/mol. The molecule has 1 aromatic carbocycles. The number of rotatable bonds is 6. The largest absolute Gasteiger partial charge is 0.449 e. The Kier molecular flexibility index (Phi) is 8.07. The van der Waals surface area contributed by atoms with Gasteiger partial charge < -0.3 is 24.9 Å². The Morgan fingerprint density at radius 1 is 0.975 bits per heavy atom. The minimum atomic E-state index is -0.610. The fraction of sp³-hybridized carbons (Fsp3) is 0.414. The lowest BCUT2D eigenvalue weighted by Crippen LogP contribution is -2.37. The van der Waals surface area contributed by atoms with Gasteiger partial charge in [0, 0.05) is 56.2 Å². The summed E-state index contributed by atoms with van der Waals surface area (Å²) in [6, 6.07) is 7.97. The monoisotopic (exact) mass is 565 g/mol. The van der Waals surface area contributed by atoms with Crippen LogP contribution in [0, 0.1) is 11.8 Å². The summed E-state index contributed by atoms with van der Waals surface area (Å²) in [7, 11) is 3.29. The van der Waals surface area contributed by atoms with Gasteiger partial charge in [0.1, 0.15) is 17.1 Å². The molecule has 10 nitrogen and oxygen atoms in total. The van der Waals surface area contributed by atoms with Crippen LogP contribution in [0.2, 0.25) is 5.02 Å². The quantitative estimate of drug-likeness (QED) is 0.442. The van der Waals surface area contributed by atoms with E-state index in [0.717, 1.165) is 25.9 Å². The van der Waals surface area contributed by atoms with E-state index in [2.05, 4.69) is 15.6 Å². The number of nitrogens with zero attached hydrogens (tertiary/aromatic N) is 3. The predicted octanol–water partition coefficient (Wildman–Crippen LogP) is 4.80. The van der Waals surface area contributed by atoms with Gasteiger partial charge in [-0.3, -0.25) is 19.2 Å². The molecule has 0 spiro atoms. The van der Waals surface area contributed by atoms with Crippen LogP contribution >= 0.6 is 11.6 Å². The molecule has 1 saturated heterocycles. The van der Waals surface area contributed by atoms with Gasteiger partial charge in [0.25, 0.3) is 11.8 Å². The number of nitrogens with one attached hydrogen (secondary N) is 2. The third kappa shape index (κ3) is 5.82. The van der Waals surface area contributed by atoms with Crippen LogP contribution in [0.15, 0.2) is 40.9 Å². The van der Waals surface area contributed by atoms with Crippen LogP contribution in [-0.2, 0) is 9.59 Å². The van der Waals surface area contributed by atoms with Gasteiger partial charge in [-0.05, 0) is 68.9 Å². The van der Waals surface area contributed by atoms with E-state index in [0.29, 0.717) is 47.2 Å². The van der Waals surface area contributed by atoms with Crippen molar-refractivity contribution in [1.82, 2.24) is 14.8 Å². The highest BCUT2D eigenvalue weighted by molar-refractivity contribution is 6.30. The molecule has 1 aliphatic carbocycles. The maximum atomic E-state index is 13.5. The van der Waals surface area contributed by atoms with Gasteiger partial charge >= 0.3 is 0 Å². The number of benzene rings is 1.